The SMILES string of the molecule is CCOC(=O)C1=C(c2ccccc2)N=c2s/c(=C\c3ccc(OCc4ccc(C#N)cc4)c(OC)c3)c(=O)n2[C@H]1c1ccc(OCC)cc1. The van der Waals surface area contributed by atoms with Crippen molar-refractivity contribution in [2.24, 2.45) is 4.99 Å². The summed E-state index contributed by atoms with van der Waals surface area (Å²) >= 11 is 1.24. The molecular weight excluding hydrogens is 639 g/mol. The fourth-order valence-corrected chi connectivity index (χ4v) is 6.55. The van der Waals surface area contributed by atoms with E-state index in [1.807, 2.05) is 79.7 Å². The first-order chi connectivity index (χ1) is 23.9. The molecule has 5 aromatic rings. The minimum Gasteiger partial charge on any atom is -0.494 e. The summed E-state index contributed by atoms with van der Waals surface area (Å²) in [6.45, 7) is 4.63. The zero-order chi connectivity index (χ0) is 34.3. The third-order valence-electron chi connectivity index (χ3n) is 7.84. The molecule has 0 radical (unpaired) electrons. The molecule has 6 rings (SSSR count). The first kappa shape index (κ1) is 33.0. The lowest BCUT2D eigenvalue weighted by Gasteiger charge is -2.26. The number of thiazole rings is 1. The lowest BCUT2D eigenvalue weighted by molar-refractivity contribution is -0.138. The number of fused-ring (bicyclic) bond motifs is 1. The maximum absolute atomic E-state index is 14.3. The van der Waals surface area contributed by atoms with Crippen LogP contribution in [0.3, 0.4) is 0 Å². The number of nitriles is 1. The van der Waals surface area contributed by atoms with Crippen molar-refractivity contribution in [3.63, 3.8) is 0 Å². The van der Waals surface area contributed by atoms with Crippen LogP contribution >= 0.6 is 11.3 Å². The Morgan fingerprint density at radius 3 is 2.37 bits per heavy atom. The van der Waals surface area contributed by atoms with Crippen molar-refractivity contribution in [3.8, 4) is 23.3 Å². The molecule has 0 aliphatic carbocycles. The molecule has 2 heterocycles. The van der Waals surface area contributed by atoms with E-state index < -0.39 is 12.0 Å². The number of methoxy groups -OCH3 is 1. The van der Waals surface area contributed by atoms with E-state index in [0.717, 1.165) is 16.7 Å². The Morgan fingerprint density at radius 1 is 0.939 bits per heavy atom. The monoisotopic (exact) mass is 671 g/mol. The van der Waals surface area contributed by atoms with E-state index in [2.05, 4.69) is 6.07 Å². The molecule has 9 nitrogen and oxygen atoms in total. The lowest BCUT2D eigenvalue weighted by atomic mass is 9.93. The molecule has 1 atom stereocenters. The van der Waals surface area contributed by atoms with Gasteiger partial charge in [0.25, 0.3) is 5.56 Å². The summed E-state index contributed by atoms with van der Waals surface area (Å²) in [6.07, 6.45) is 1.78. The Kier molecular flexibility index (Phi) is 10.0. The largest absolute Gasteiger partial charge is 0.494 e. The minimum absolute atomic E-state index is 0.167. The van der Waals surface area contributed by atoms with E-state index in [1.54, 1.807) is 48.9 Å². The van der Waals surface area contributed by atoms with E-state index in [1.165, 1.54) is 11.3 Å². The van der Waals surface area contributed by atoms with Crippen LogP contribution in [-0.4, -0.2) is 30.9 Å². The molecule has 0 N–H and O–H groups in total. The average molecular weight is 672 g/mol. The topological polar surface area (TPSA) is 112 Å². The summed E-state index contributed by atoms with van der Waals surface area (Å²) in [6, 6.07) is 30.7. The molecule has 0 bridgehead atoms. The van der Waals surface area contributed by atoms with Gasteiger partial charge in [-0.15, -0.1) is 0 Å². The van der Waals surface area contributed by atoms with Crippen molar-refractivity contribution >= 4 is 29.1 Å². The molecule has 0 spiro atoms. The average Bonchev–Trinajstić information content (AvgIpc) is 3.45. The molecule has 0 amide bonds. The predicted molar refractivity (Wildman–Crippen MR) is 187 cm³/mol. The van der Waals surface area contributed by atoms with E-state index in [4.69, 9.17) is 29.2 Å². The first-order valence-corrected chi connectivity index (χ1v) is 16.6. The van der Waals surface area contributed by atoms with Crippen molar-refractivity contribution < 1.29 is 23.7 Å². The smallest absolute Gasteiger partial charge is 0.338 e. The van der Waals surface area contributed by atoms with Crippen LogP contribution < -0.4 is 29.1 Å². The summed E-state index contributed by atoms with van der Waals surface area (Å²) in [4.78, 5) is 33.3. The van der Waals surface area contributed by atoms with Crippen LogP contribution in [0.2, 0.25) is 0 Å². The quantitative estimate of drug-likeness (QED) is 0.163. The number of carbonyl (C=O) groups is 1. The number of carbonyl (C=O) groups excluding carboxylic acids is 1. The van der Waals surface area contributed by atoms with Crippen LogP contribution in [0, 0.1) is 11.3 Å². The van der Waals surface area contributed by atoms with Gasteiger partial charge in [0.05, 0.1) is 53.8 Å². The van der Waals surface area contributed by atoms with Crippen LogP contribution in [0.1, 0.15) is 47.7 Å². The predicted octanol–water partition coefficient (Wildman–Crippen LogP) is 5.79. The Labute approximate surface area is 287 Å². The van der Waals surface area contributed by atoms with Gasteiger partial charge < -0.3 is 18.9 Å². The van der Waals surface area contributed by atoms with Crippen molar-refractivity contribution in [3.05, 3.63) is 150 Å². The summed E-state index contributed by atoms with van der Waals surface area (Å²) in [5, 5.41) is 9.05. The van der Waals surface area contributed by atoms with Crippen molar-refractivity contribution in [1.29, 1.82) is 5.26 Å². The number of aromatic nitrogens is 1. The number of benzene rings is 4. The van der Waals surface area contributed by atoms with Gasteiger partial charge in [-0.3, -0.25) is 9.36 Å². The fourth-order valence-electron chi connectivity index (χ4n) is 5.55. The van der Waals surface area contributed by atoms with Gasteiger partial charge in [0.15, 0.2) is 16.3 Å². The van der Waals surface area contributed by atoms with Crippen LogP contribution in [0.15, 0.2) is 112 Å². The molecular formula is C39H33N3O6S. The first-order valence-electron chi connectivity index (χ1n) is 15.7. The second-order valence-corrected chi connectivity index (χ2v) is 12.0. The highest BCUT2D eigenvalue weighted by Crippen LogP contribution is 2.36. The second-order valence-electron chi connectivity index (χ2n) is 10.9. The maximum Gasteiger partial charge on any atom is 0.338 e. The number of esters is 1. The Balaban J connectivity index is 1.44. The summed E-state index contributed by atoms with van der Waals surface area (Å²) in [7, 11) is 1.56. The normalized spacial score (nSPS) is 14.0. The summed E-state index contributed by atoms with van der Waals surface area (Å²) in [5.41, 5.74) is 4.10. The number of nitrogens with zero attached hydrogens (tertiary/aromatic N) is 3. The van der Waals surface area contributed by atoms with Gasteiger partial charge in [-0.25, -0.2) is 9.79 Å². The van der Waals surface area contributed by atoms with Gasteiger partial charge in [0, 0.05) is 5.56 Å². The van der Waals surface area contributed by atoms with Crippen LogP contribution in [0.25, 0.3) is 11.8 Å². The molecule has 1 aliphatic rings. The molecule has 10 heteroatoms. The fraction of sp³-hybridized carbons (Fsp3) is 0.179. The highest BCUT2D eigenvalue weighted by molar-refractivity contribution is 7.07. The van der Waals surface area contributed by atoms with Crippen LogP contribution in [-0.2, 0) is 16.1 Å². The van der Waals surface area contributed by atoms with Crippen molar-refractivity contribution in [2.45, 2.75) is 26.5 Å². The number of hydrogen-bond donors (Lipinski definition) is 0. The zero-order valence-electron chi connectivity index (χ0n) is 27.2. The van der Waals surface area contributed by atoms with Gasteiger partial charge in [0.2, 0.25) is 0 Å². The van der Waals surface area contributed by atoms with Crippen molar-refractivity contribution in [1.82, 2.24) is 4.57 Å². The van der Waals surface area contributed by atoms with Gasteiger partial charge in [-0.2, -0.15) is 5.26 Å². The second kappa shape index (κ2) is 14.9. The third-order valence-corrected chi connectivity index (χ3v) is 8.83. The molecule has 49 heavy (non-hydrogen) atoms. The number of ether oxygens (including phenoxy) is 4. The Bertz CT molecular complexity index is 2230. The maximum atomic E-state index is 14.3. The van der Waals surface area contributed by atoms with Gasteiger partial charge in [0.1, 0.15) is 12.4 Å². The molecule has 1 aromatic heterocycles. The molecule has 0 saturated heterocycles. The molecule has 0 unspecified atom stereocenters. The number of rotatable bonds is 11. The molecule has 4 aromatic carbocycles. The van der Waals surface area contributed by atoms with Gasteiger partial charge in [-0.05, 0) is 73.0 Å². The van der Waals surface area contributed by atoms with Gasteiger partial charge >= 0.3 is 5.97 Å². The highest BCUT2D eigenvalue weighted by atomic mass is 32.1. The van der Waals surface area contributed by atoms with Gasteiger partial charge in [-0.1, -0.05) is 72.0 Å². The molecule has 246 valence electrons. The standard InChI is InChI=1S/C39H33N3O6S/c1-4-46-30-18-16-29(17-19-30)36-34(38(44)47-5-2)35(28-9-7-6-8-10-28)41-39-42(36)37(43)33(49-39)22-27-15-20-31(32(21-27)45-3)48-24-26-13-11-25(23-40)12-14-26/h6-22,36H,4-5,24H2,1-3H3/b33-22-/t36-/m0/s1. The van der Waals surface area contributed by atoms with E-state index in [-0.39, 0.29) is 24.3 Å². The number of hydrogen-bond acceptors (Lipinski definition) is 9. The van der Waals surface area contributed by atoms with E-state index in [9.17, 15) is 9.59 Å². The minimum atomic E-state index is -0.795. The zero-order valence-corrected chi connectivity index (χ0v) is 28.0. The van der Waals surface area contributed by atoms with Crippen LogP contribution in [0.5, 0.6) is 17.2 Å². The Hall–Kier alpha value is -5.92. The molecule has 0 fully saturated rings. The van der Waals surface area contributed by atoms with E-state index in [0.29, 0.717) is 50.0 Å². The molecule has 1 aliphatic heterocycles. The lowest BCUT2D eigenvalue weighted by Crippen LogP contribution is -2.40. The highest BCUT2D eigenvalue weighted by Gasteiger charge is 2.35. The van der Waals surface area contributed by atoms with Crippen LogP contribution in [0.4, 0.5) is 0 Å². The Morgan fingerprint density at radius 2 is 1.69 bits per heavy atom. The summed E-state index contributed by atoms with van der Waals surface area (Å²) < 4.78 is 24.9. The molecule has 0 saturated carbocycles. The van der Waals surface area contributed by atoms with E-state index >= 15 is 0 Å². The third kappa shape index (κ3) is 7.03. The van der Waals surface area contributed by atoms with Crippen molar-refractivity contribution in [2.75, 3.05) is 20.3 Å². The summed E-state index contributed by atoms with van der Waals surface area (Å²) in [5.74, 6) is 1.17.